The van der Waals surface area contributed by atoms with Crippen molar-refractivity contribution < 1.29 is 4.74 Å². The molecular formula is C18H14N4OS. The highest BCUT2D eigenvalue weighted by Crippen LogP contribution is 2.50. The van der Waals surface area contributed by atoms with Crippen LogP contribution in [0.2, 0.25) is 0 Å². The summed E-state index contributed by atoms with van der Waals surface area (Å²) >= 11 is 1.55. The molecule has 1 atom stereocenters. The predicted molar refractivity (Wildman–Crippen MR) is 92.6 cm³/mol. The van der Waals surface area contributed by atoms with Gasteiger partial charge in [0.2, 0.25) is 5.88 Å². The van der Waals surface area contributed by atoms with Crippen LogP contribution in [0.3, 0.4) is 0 Å². The SMILES string of the molecule is Cc1cc(C)c2c3c(sc2n1)C(c1ccncc1)C(C#N)=C(N)O3. The lowest BCUT2D eigenvalue weighted by Crippen LogP contribution is -2.19. The topological polar surface area (TPSA) is 84.8 Å². The highest BCUT2D eigenvalue weighted by molar-refractivity contribution is 7.19. The number of aromatic nitrogens is 2. The summed E-state index contributed by atoms with van der Waals surface area (Å²) in [5.41, 5.74) is 9.51. The Balaban J connectivity index is 2.05. The van der Waals surface area contributed by atoms with Crippen LogP contribution in [-0.4, -0.2) is 9.97 Å². The van der Waals surface area contributed by atoms with Gasteiger partial charge in [0.25, 0.3) is 0 Å². The van der Waals surface area contributed by atoms with Crippen molar-refractivity contribution >= 4 is 21.6 Å². The lowest BCUT2D eigenvalue weighted by atomic mass is 9.89. The number of pyridine rings is 2. The maximum Gasteiger partial charge on any atom is 0.205 e. The Bertz CT molecular complexity index is 1030. The van der Waals surface area contributed by atoms with Crippen molar-refractivity contribution in [2.45, 2.75) is 19.8 Å². The summed E-state index contributed by atoms with van der Waals surface area (Å²) in [5, 5.41) is 10.6. The first-order valence-corrected chi connectivity index (χ1v) is 8.30. The van der Waals surface area contributed by atoms with Crippen LogP contribution in [0.1, 0.15) is 27.6 Å². The molecule has 0 amide bonds. The molecule has 5 nitrogen and oxygen atoms in total. The fourth-order valence-corrected chi connectivity index (χ4v) is 4.51. The molecular weight excluding hydrogens is 320 g/mol. The van der Waals surface area contributed by atoms with E-state index in [4.69, 9.17) is 10.5 Å². The maximum atomic E-state index is 9.60. The summed E-state index contributed by atoms with van der Waals surface area (Å²) in [5.74, 6) is 0.630. The average Bonchev–Trinajstić information content (AvgIpc) is 2.92. The van der Waals surface area contributed by atoms with Gasteiger partial charge in [0, 0.05) is 18.1 Å². The third-order valence-electron chi connectivity index (χ3n) is 4.16. The van der Waals surface area contributed by atoms with Crippen molar-refractivity contribution in [1.29, 1.82) is 5.26 Å². The first kappa shape index (κ1) is 14.7. The van der Waals surface area contributed by atoms with Crippen molar-refractivity contribution in [2.24, 2.45) is 5.73 Å². The van der Waals surface area contributed by atoms with Gasteiger partial charge in [0.05, 0.1) is 16.2 Å². The molecule has 0 saturated heterocycles. The van der Waals surface area contributed by atoms with Gasteiger partial charge < -0.3 is 10.5 Å². The molecule has 1 aliphatic rings. The Kier molecular flexibility index (Phi) is 3.25. The number of nitrogens with two attached hydrogens (primary N) is 1. The Hall–Kier alpha value is -2.91. The van der Waals surface area contributed by atoms with Crippen molar-refractivity contribution in [2.75, 3.05) is 0 Å². The normalized spacial score (nSPS) is 16.6. The number of aryl methyl sites for hydroxylation is 2. The molecule has 3 aromatic rings. The number of allylic oxidation sites excluding steroid dienone is 1. The molecule has 118 valence electrons. The van der Waals surface area contributed by atoms with E-state index in [9.17, 15) is 5.26 Å². The lowest BCUT2D eigenvalue weighted by molar-refractivity contribution is 0.401. The summed E-state index contributed by atoms with van der Waals surface area (Å²) in [6, 6.07) is 8.04. The zero-order valence-electron chi connectivity index (χ0n) is 13.2. The van der Waals surface area contributed by atoms with Crippen molar-refractivity contribution in [3.05, 3.63) is 63.7 Å². The number of ether oxygens (including phenoxy) is 1. The van der Waals surface area contributed by atoms with Crippen molar-refractivity contribution in [3.63, 3.8) is 0 Å². The highest BCUT2D eigenvalue weighted by atomic mass is 32.1. The van der Waals surface area contributed by atoms with Crippen LogP contribution >= 0.6 is 11.3 Å². The second-order valence-corrected chi connectivity index (χ2v) is 6.79. The Morgan fingerprint density at radius 3 is 2.75 bits per heavy atom. The Morgan fingerprint density at radius 2 is 2.04 bits per heavy atom. The van der Waals surface area contributed by atoms with E-state index in [1.165, 1.54) is 0 Å². The van der Waals surface area contributed by atoms with Gasteiger partial charge in [0.1, 0.15) is 16.5 Å². The molecule has 1 aliphatic heterocycles. The number of nitrogens with zero attached hydrogens (tertiary/aromatic N) is 3. The van der Waals surface area contributed by atoms with Crippen LogP contribution in [-0.2, 0) is 0 Å². The molecule has 4 rings (SSSR count). The number of thiophene rings is 1. The van der Waals surface area contributed by atoms with E-state index in [0.717, 1.165) is 37.7 Å². The molecule has 0 saturated carbocycles. The Labute approximate surface area is 143 Å². The smallest absolute Gasteiger partial charge is 0.205 e. The standard InChI is InChI=1S/C18H14N4OS/c1-9-7-10(2)22-18-13(9)15-16(24-18)14(11-3-5-21-6-4-11)12(8-19)17(20)23-15/h3-7,14H,20H2,1-2H3. The van der Waals surface area contributed by atoms with E-state index in [1.54, 1.807) is 23.7 Å². The number of fused-ring (bicyclic) bond motifs is 3. The number of nitriles is 1. The van der Waals surface area contributed by atoms with Crippen LogP contribution in [0.15, 0.2) is 42.0 Å². The molecule has 0 aromatic carbocycles. The van der Waals surface area contributed by atoms with E-state index in [0.29, 0.717) is 5.57 Å². The fraction of sp³-hybridized carbons (Fsp3) is 0.167. The number of rotatable bonds is 1. The quantitative estimate of drug-likeness (QED) is 0.736. The largest absolute Gasteiger partial charge is 0.439 e. The zero-order chi connectivity index (χ0) is 16.8. The zero-order valence-corrected chi connectivity index (χ0v) is 14.0. The molecule has 4 heterocycles. The first-order chi connectivity index (χ1) is 11.6. The van der Waals surface area contributed by atoms with Gasteiger partial charge in [-0.2, -0.15) is 5.26 Å². The summed E-state index contributed by atoms with van der Waals surface area (Å²) in [6.45, 7) is 4.01. The van der Waals surface area contributed by atoms with Gasteiger partial charge in [-0.05, 0) is 43.2 Å². The van der Waals surface area contributed by atoms with Gasteiger partial charge in [-0.1, -0.05) is 0 Å². The second-order valence-electron chi connectivity index (χ2n) is 5.76. The molecule has 0 spiro atoms. The molecule has 3 aromatic heterocycles. The molecule has 0 fully saturated rings. The summed E-state index contributed by atoms with van der Waals surface area (Å²) in [4.78, 5) is 10.6. The third-order valence-corrected chi connectivity index (χ3v) is 5.29. The van der Waals surface area contributed by atoms with Crippen LogP contribution in [0, 0.1) is 25.2 Å². The second kappa shape index (κ2) is 5.32. The summed E-state index contributed by atoms with van der Waals surface area (Å²) in [6.07, 6.45) is 3.44. The van der Waals surface area contributed by atoms with E-state index in [-0.39, 0.29) is 11.8 Å². The monoisotopic (exact) mass is 334 g/mol. The average molecular weight is 334 g/mol. The van der Waals surface area contributed by atoms with E-state index < -0.39 is 0 Å². The lowest BCUT2D eigenvalue weighted by Gasteiger charge is -2.23. The molecule has 0 radical (unpaired) electrons. The van der Waals surface area contributed by atoms with Gasteiger partial charge in [-0.3, -0.25) is 4.98 Å². The van der Waals surface area contributed by atoms with E-state index in [1.807, 2.05) is 32.0 Å². The van der Waals surface area contributed by atoms with Crippen LogP contribution in [0.5, 0.6) is 5.75 Å². The first-order valence-electron chi connectivity index (χ1n) is 7.48. The van der Waals surface area contributed by atoms with Crippen molar-refractivity contribution in [3.8, 4) is 11.8 Å². The fourth-order valence-electron chi connectivity index (χ4n) is 3.15. The number of hydrogen-bond donors (Lipinski definition) is 1. The van der Waals surface area contributed by atoms with Gasteiger partial charge in [-0.25, -0.2) is 4.98 Å². The van der Waals surface area contributed by atoms with E-state index in [2.05, 4.69) is 16.0 Å². The molecule has 24 heavy (non-hydrogen) atoms. The summed E-state index contributed by atoms with van der Waals surface area (Å²) in [7, 11) is 0. The number of hydrogen-bond acceptors (Lipinski definition) is 6. The van der Waals surface area contributed by atoms with Gasteiger partial charge >= 0.3 is 0 Å². The molecule has 0 aliphatic carbocycles. The van der Waals surface area contributed by atoms with Crippen LogP contribution in [0.25, 0.3) is 10.2 Å². The minimum Gasteiger partial charge on any atom is -0.439 e. The minimum absolute atomic E-state index is 0.159. The van der Waals surface area contributed by atoms with Crippen LogP contribution in [0.4, 0.5) is 0 Å². The maximum absolute atomic E-state index is 9.60. The van der Waals surface area contributed by atoms with Gasteiger partial charge in [0.15, 0.2) is 5.75 Å². The minimum atomic E-state index is -0.249. The molecule has 1 unspecified atom stereocenters. The third kappa shape index (κ3) is 2.06. The summed E-state index contributed by atoms with van der Waals surface area (Å²) < 4.78 is 5.85. The molecule has 2 N–H and O–H groups in total. The van der Waals surface area contributed by atoms with Crippen LogP contribution < -0.4 is 10.5 Å². The van der Waals surface area contributed by atoms with Crippen molar-refractivity contribution in [1.82, 2.24) is 9.97 Å². The van der Waals surface area contributed by atoms with Gasteiger partial charge in [-0.15, -0.1) is 11.3 Å². The molecule has 0 bridgehead atoms. The van der Waals surface area contributed by atoms with E-state index >= 15 is 0 Å². The predicted octanol–water partition coefficient (Wildman–Crippen LogP) is 3.53. The highest BCUT2D eigenvalue weighted by Gasteiger charge is 2.34. The Morgan fingerprint density at radius 1 is 1.29 bits per heavy atom. The molecule has 6 heteroatoms.